The Hall–Kier alpha value is -1.66. The molecule has 114 valence electrons. The fourth-order valence-corrected chi connectivity index (χ4v) is 3.26. The Labute approximate surface area is 125 Å². The summed E-state index contributed by atoms with van der Waals surface area (Å²) in [7, 11) is -2.06. The van der Waals surface area contributed by atoms with Crippen molar-refractivity contribution in [3.63, 3.8) is 0 Å². The Kier molecular flexibility index (Phi) is 4.49. The van der Waals surface area contributed by atoms with Crippen molar-refractivity contribution in [1.82, 2.24) is 4.72 Å². The molecule has 0 aliphatic carbocycles. The molecular formula is C15H20N2O3S. The van der Waals surface area contributed by atoms with Crippen molar-refractivity contribution in [2.45, 2.75) is 31.6 Å². The normalized spacial score (nSPS) is 15.2. The molecule has 0 unspecified atom stereocenters. The summed E-state index contributed by atoms with van der Waals surface area (Å²) in [6.45, 7) is 4.39. The molecule has 21 heavy (non-hydrogen) atoms. The van der Waals surface area contributed by atoms with Gasteiger partial charge in [0.05, 0.1) is 4.90 Å². The lowest BCUT2D eigenvalue weighted by molar-refractivity contribution is -0.115. The lowest BCUT2D eigenvalue weighted by Gasteiger charge is -2.18. The van der Waals surface area contributed by atoms with Crippen LogP contribution in [0.1, 0.15) is 25.8 Å². The van der Waals surface area contributed by atoms with Crippen molar-refractivity contribution >= 4 is 21.6 Å². The molecule has 0 bridgehead atoms. The van der Waals surface area contributed by atoms with Crippen LogP contribution in [0.5, 0.6) is 0 Å². The van der Waals surface area contributed by atoms with E-state index in [2.05, 4.69) is 4.72 Å². The van der Waals surface area contributed by atoms with Gasteiger partial charge < -0.3 is 4.90 Å². The summed E-state index contributed by atoms with van der Waals surface area (Å²) < 4.78 is 25.9. The third-order valence-corrected chi connectivity index (χ3v) is 5.03. The van der Waals surface area contributed by atoms with Gasteiger partial charge in [0, 0.05) is 17.8 Å². The van der Waals surface area contributed by atoms with Gasteiger partial charge in [0.25, 0.3) is 5.91 Å². The summed E-state index contributed by atoms with van der Waals surface area (Å²) in [5.74, 6) is -0.0141. The molecular weight excluding hydrogens is 288 g/mol. The van der Waals surface area contributed by atoms with Crippen molar-refractivity contribution < 1.29 is 13.2 Å². The van der Waals surface area contributed by atoms with Gasteiger partial charge in [-0.3, -0.25) is 4.79 Å². The van der Waals surface area contributed by atoms with E-state index in [1.807, 2.05) is 19.9 Å². The number of fused-ring (bicyclic) bond motifs is 1. The Morgan fingerprint density at radius 3 is 2.76 bits per heavy atom. The molecule has 1 aromatic rings. The Morgan fingerprint density at radius 2 is 2.14 bits per heavy atom. The second-order valence-corrected chi connectivity index (χ2v) is 6.89. The van der Waals surface area contributed by atoms with E-state index in [1.54, 1.807) is 17.0 Å². The molecule has 0 radical (unpaired) electrons. The number of nitrogens with zero attached hydrogens (tertiary/aromatic N) is 1. The fraction of sp³-hybridized carbons (Fsp3) is 0.400. The second-order valence-electron chi connectivity index (χ2n) is 5.00. The van der Waals surface area contributed by atoms with E-state index in [0.717, 1.165) is 23.2 Å². The van der Waals surface area contributed by atoms with Crippen molar-refractivity contribution in [1.29, 1.82) is 0 Å². The molecule has 0 aromatic heterocycles. The molecule has 0 saturated carbocycles. The smallest absolute Gasteiger partial charge is 0.253 e. The molecule has 0 saturated heterocycles. The van der Waals surface area contributed by atoms with E-state index in [0.29, 0.717) is 13.0 Å². The molecule has 0 atom stereocenters. The van der Waals surface area contributed by atoms with E-state index < -0.39 is 10.0 Å². The predicted octanol–water partition coefficient (Wildman–Crippen LogP) is 1.84. The van der Waals surface area contributed by atoms with Crippen LogP contribution in [-0.4, -0.2) is 27.9 Å². The number of anilines is 1. The van der Waals surface area contributed by atoms with Crippen LogP contribution in [0.25, 0.3) is 0 Å². The minimum atomic E-state index is -3.45. The number of rotatable bonds is 4. The Morgan fingerprint density at radius 1 is 1.43 bits per heavy atom. The standard InChI is InChI=1S/C15H20N2O3S/c1-4-5-11(2)15(18)17-9-8-12-10-13(6-7-14(12)17)21(19,20)16-3/h5-7,10,16H,4,8-9H2,1-3H3. The van der Waals surface area contributed by atoms with Crippen molar-refractivity contribution in [3.05, 3.63) is 35.4 Å². The molecule has 6 heteroatoms. The third-order valence-electron chi connectivity index (χ3n) is 3.62. The molecule has 0 fully saturated rings. The summed E-state index contributed by atoms with van der Waals surface area (Å²) in [6, 6.07) is 4.89. The van der Waals surface area contributed by atoms with Gasteiger partial charge in [-0.25, -0.2) is 13.1 Å². The summed E-state index contributed by atoms with van der Waals surface area (Å²) in [5, 5.41) is 0. The van der Waals surface area contributed by atoms with E-state index in [1.165, 1.54) is 13.1 Å². The van der Waals surface area contributed by atoms with Crippen LogP contribution in [0.2, 0.25) is 0 Å². The lowest BCUT2D eigenvalue weighted by Crippen LogP contribution is -2.29. The maximum atomic E-state index is 12.4. The van der Waals surface area contributed by atoms with Gasteiger partial charge in [0.2, 0.25) is 10.0 Å². The van der Waals surface area contributed by atoms with Gasteiger partial charge in [-0.05, 0) is 50.6 Å². The van der Waals surface area contributed by atoms with Gasteiger partial charge in [0.1, 0.15) is 0 Å². The molecule has 1 N–H and O–H groups in total. The molecule has 0 spiro atoms. The van der Waals surface area contributed by atoms with Gasteiger partial charge >= 0.3 is 0 Å². The average Bonchev–Trinajstić information content (AvgIpc) is 2.89. The summed E-state index contributed by atoms with van der Waals surface area (Å²) in [4.78, 5) is 14.3. The molecule has 5 nitrogen and oxygen atoms in total. The quantitative estimate of drug-likeness (QED) is 0.863. The highest BCUT2D eigenvalue weighted by Crippen LogP contribution is 2.31. The van der Waals surface area contributed by atoms with Crippen LogP contribution in [0.15, 0.2) is 34.7 Å². The number of benzene rings is 1. The van der Waals surface area contributed by atoms with E-state index in [4.69, 9.17) is 0 Å². The minimum absolute atomic E-state index is 0.0141. The maximum absolute atomic E-state index is 12.4. The number of carbonyl (C=O) groups excluding carboxylic acids is 1. The number of amides is 1. The second kappa shape index (κ2) is 5.99. The lowest BCUT2D eigenvalue weighted by atomic mass is 10.1. The fourth-order valence-electron chi connectivity index (χ4n) is 2.48. The van der Waals surface area contributed by atoms with Gasteiger partial charge in [0.15, 0.2) is 0 Å². The monoisotopic (exact) mass is 308 g/mol. The first-order chi connectivity index (χ1) is 9.90. The first-order valence-electron chi connectivity index (χ1n) is 6.95. The number of hydrogen-bond acceptors (Lipinski definition) is 3. The summed E-state index contributed by atoms with van der Waals surface area (Å²) >= 11 is 0. The minimum Gasteiger partial charge on any atom is -0.308 e. The predicted molar refractivity (Wildman–Crippen MR) is 82.8 cm³/mol. The zero-order valence-corrected chi connectivity index (χ0v) is 13.3. The van der Waals surface area contributed by atoms with Crippen LogP contribution < -0.4 is 9.62 Å². The Bertz CT molecular complexity index is 693. The first-order valence-corrected chi connectivity index (χ1v) is 8.44. The van der Waals surface area contributed by atoms with Crippen LogP contribution in [0, 0.1) is 0 Å². The topological polar surface area (TPSA) is 66.5 Å². The highest BCUT2D eigenvalue weighted by Gasteiger charge is 2.26. The largest absolute Gasteiger partial charge is 0.308 e. The molecule has 1 aliphatic rings. The number of carbonyl (C=O) groups is 1. The van der Waals surface area contributed by atoms with Gasteiger partial charge in [-0.15, -0.1) is 0 Å². The molecule has 1 amide bonds. The van der Waals surface area contributed by atoms with E-state index in [9.17, 15) is 13.2 Å². The van der Waals surface area contributed by atoms with E-state index in [-0.39, 0.29) is 10.8 Å². The zero-order valence-electron chi connectivity index (χ0n) is 12.5. The first kappa shape index (κ1) is 15.7. The third kappa shape index (κ3) is 3.01. The number of sulfonamides is 1. The Balaban J connectivity index is 2.35. The van der Waals surface area contributed by atoms with Crippen molar-refractivity contribution in [2.75, 3.05) is 18.5 Å². The van der Waals surface area contributed by atoms with Crippen LogP contribution in [0.4, 0.5) is 5.69 Å². The van der Waals surface area contributed by atoms with Crippen molar-refractivity contribution in [2.24, 2.45) is 0 Å². The van der Waals surface area contributed by atoms with Crippen LogP contribution >= 0.6 is 0 Å². The highest BCUT2D eigenvalue weighted by molar-refractivity contribution is 7.89. The summed E-state index contributed by atoms with van der Waals surface area (Å²) in [6.07, 6.45) is 3.39. The molecule has 1 aliphatic heterocycles. The zero-order chi connectivity index (χ0) is 15.6. The van der Waals surface area contributed by atoms with Crippen LogP contribution in [-0.2, 0) is 21.2 Å². The number of nitrogens with one attached hydrogen (secondary N) is 1. The van der Waals surface area contributed by atoms with E-state index >= 15 is 0 Å². The summed E-state index contributed by atoms with van der Waals surface area (Å²) in [5.41, 5.74) is 2.42. The van der Waals surface area contributed by atoms with Crippen LogP contribution in [0.3, 0.4) is 0 Å². The average molecular weight is 308 g/mol. The molecule has 1 heterocycles. The van der Waals surface area contributed by atoms with Gasteiger partial charge in [-0.2, -0.15) is 0 Å². The van der Waals surface area contributed by atoms with Gasteiger partial charge in [-0.1, -0.05) is 13.0 Å². The SMILES string of the molecule is CCC=C(C)C(=O)N1CCc2cc(S(=O)(=O)NC)ccc21. The molecule has 1 aromatic carbocycles. The van der Waals surface area contributed by atoms with Crippen molar-refractivity contribution in [3.8, 4) is 0 Å². The number of hydrogen-bond donors (Lipinski definition) is 1. The highest BCUT2D eigenvalue weighted by atomic mass is 32.2. The molecule has 2 rings (SSSR count). The maximum Gasteiger partial charge on any atom is 0.253 e. The number of allylic oxidation sites excluding steroid dienone is 1.